The molecule has 19 heavy (non-hydrogen) atoms. The van der Waals surface area contributed by atoms with Crippen LogP contribution in [0.2, 0.25) is 0 Å². The summed E-state index contributed by atoms with van der Waals surface area (Å²) in [6.45, 7) is 0. The van der Waals surface area contributed by atoms with Gasteiger partial charge in [0.1, 0.15) is 0 Å². The second-order valence-electron chi connectivity index (χ2n) is 4.39. The lowest BCUT2D eigenvalue weighted by Crippen LogP contribution is -2.42. The quantitative estimate of drug-likeness (QED) is 0.851. The van der Waals surface area contributed by atoms with Gasteiger partial charge in [-0.3, -0.25) is 19.9 Å². The van der Waals surface area contributed by atoms with Crippen molar-refractivity contribution in [2.24, 2.45) is 0 Å². The first-order chi connectivity index (χ1) is 9.24. The summed E-state index contributed by atoms with van der Waals surface area (Å²) >= 11 is 1.48. The van der Waals surface area contributed by atoms with E-state index >= 15 is 0 Å². The van der Waals surface area contributed by atoms with Gasteiger partial charge in [0.2, 0.25) is 11.8 Å². The second kappa shape index (κ2) is 5.01. The Kier molecular flexibility index (Phi) is 3.21. The Morgan fingerprint density at radius 2 is 2.05 bits per heavy atom. The minimum absolute atomic E-state index is 0.183. The van der Waals surface area contributed by atoms with Crippen LogP contribution in [-0.2, 0) is 9.59 Å². The highest BCUT2D eigenvalue weighted by molar-refractivity contribution is 8.00. The van der Waals surface area contributed by atoms with Gasteiger partial charge in [-0.2, -0.15) is 0 Å². The number of aromatic nitrogens is 1. The maximum absolute atomic E-state index is 11.8. The summed E-state index contributed by atoms with van der Waals surface area (Å²) in [5.41, 5.74) is 0.903. The van der Waals surface area contributed by atoms with Crippen molar-refractivity contribution in [3.05, 3.63) is 36.5 Å². The Morgan fingerprint density at radius 3 is 2.89 bits per heavy atom. The van der Waals surface area contributed by atoms with Crippen LogP contribution in [0.5, 0.6) is 0 Å². The third-order valence-electron chi connectivity index (χ3n) is 3.05. The number of hydrogen-bond acceptors (Lipinski definition) is 4. The lowest BCUT2D eigenvalue weighted by molar-refractivity contribution is -0.132. The van der Waals surface area contributed by atoms with Gasteiger partial charge in [-0.15, -0.1) is 11.8 Å². The van der Waals surface area contributed by atoms with Crippen LogP contribution in [0.1, 0.15) is 12.8 Å². The summed E-state index contributed by atoms with van der Waals surface area (Å²) in [5.74, 6) is -0.382. The molecular weight excluding hydrogens is 260 g/mol. The van der Waals surface area contributed by atoms with Gasteiger partial charge in [-0.25, -0.2) is 0 Å². The maximum Gasteiger partial charge on any atom is 0.240 e. The first-order valence-electron chi connectivity index (χ1n) is 6.08. The van der Waals surface area contributed by atoms with Crippen LogP contribution in [0.15, 0.2) is 41.4 Å². The van der Waals surface area contributed by atoms with E-state index in [9.17, 15) is 9.59 Å². The van der Waals surface area contributed by atoms with Crippen LogP contribution in [0, 0.1) is 0 Å². The molecule has 0 spiro atoms. The summed E-state index contributed by atoms with van der Waals surface area (Å²) in [4.78, 5) is 28.2. The van der Waals surface area contributed by atoms with Crippen LogP contribution in [0.25, 0.3) is 10.9 Å². The second-order valence-corrected chi connectivity index (χ2v) is 5.63. The number of hydrogen-bond donors (Lipinski definition) is 1. The van der Waals surface area contributed by atoms with E-state index in [0.717, 1.165) is 15.8 Å². The normalized spacial score (nSPS) is 19.5. The lowest BCUT2D eigenvalue weighted by Gasteiger charge is -2.20. The monoisotopic (exact) mass is 272 g/mol. The van der Waals surface area contributed by atoms with Crippen molar-refractivity contribution < 1.29 is 9.59 Å². The Hall–Kier alpha value is -1.88. The number of carbonyl (C=O) groups excluding carboxylic acids is 2. The summed E-state index contributed by atoms with van der Waals surface area (Å²) < 4.78 is 0. The number of fused-ring (bicyclic) bond motifs is 1. The molecule has 1 N–H and O–H groups in total. The average Bonchev–Trinajstić information content (AvgIpc) is 2.42. The molecule has 0 bridgehead atoms. The molecule has 0 aliphatic carbocycles. The van der Waals surface area contributed by atoms with Gasteiger partial charge in [-0.1, -0.05) is 18.2 Å². The molecule has 5 heteroatoms. The van der Waals surface area contributed by atoms with E-state index in [4.69, 9.17) is 0 Å². The molecule has 1 fully saturated rings. The number of imide groups is 1. The molecule has 2 amide bonds. The van der Waals surface area contributed by atoms with Crippen LogP contribution < -0.4 is 5.32 Å². The number of thioether (sulfide) groups is 1. The molecule has 2 heterocycles. The molecule has 0 saturated carbocycles. The standard InChI is InChI=1S/C14H12N2O2S/c17-12-7-6-11(14(18)16-12)19-10-5-1-3-9-4-2-8-15-13(9)10/h1-5,8,11H,6-7H2,(H,16,17,18). The van der Waals surface area contributed by atoms with E-state index in [1.165, 1.54) is 11.8 Å². The van der Waals surface area contributed by atoms with Crippen molar-refractivity contribution in [2.45, 2.75) is 23.0 Å². The van der Waals surface area contributed by atoms with Crippen molar-refractivity contribution in [2.75, 3.05) is 0 Å². The average molecular weight is 272 g/mol. The predicted molar refractivity (Wildman–Crippen MR) is 73.8 cm³/mol. The topological polar surface area (TPSA) is 59.1 Å². The first-order valence-corrected chi connectivity index (χ1v) is 6.96. The number of benzene rings is 1. The zero-order valence-electron chi connectivity index (χ0n) is 10.1. The van der Waals surface area contributed by atoms with Crippen LogP contribution in [0.4, 0.5) is 0 Å². The fourth-order valence-electron chi connectivity index (χ4n) is 2.11. The summed E-state index contributed by atoms with van der Waals surface area (Å²) in [6.07, 6.45) is 2.73. The van der Waals surface area contributed by atoms with Crippen LogP contribution in [-0.4, -0.2) is 22.0 Å². The molecule has 2 aromatic rings. The van der Waals surface area contributed by atoms with Crippen LogP contribution >= 0.6 is 11.8 Å². The van der Waals surface area contributed by atoms with Gasteiger partial charge in [0.25, 0.3) is 0 Å². The minimum atomic E-state index is -0.217. The third-order valence-corrected chi connectivity index (χ3v) is 4.37. The van der Waals surface area contributed by atoms with E-state index < -0.39 is 0 Å². The number of pyridine rings is 1. The van der Waals surface area contributed by atoms with Crippen molar-refractivity contribution in [3.8, 4) is 0 Å². The van der Waals surface area contributed by atoms with E-state index in [-0.39, 0.29) is 17.1 Å². The van der Waals surface area contributed by atoms with E-state index in [1.54, 1.807) is 6.20 Å². The predicted octanol–water partition coefficient (Wildman–Crippen LogP) is 2.13. The zero-order chi connectivity index (χ0) is 13.2. The molecule has 4 nitrogen and oxygen atoms in total. The Labute approximate surface area is 114 Å². The molecule has 0 radical (unpaired) electrons. The number of para-hydroxylation sites is 1. The molecule has 1 aliphatic heterocycles. The summed E-state index contributed by atoms with van der Waals surface area (Å²) in [5, 5.41) is 3.22. The number of amides is 2. The van der Waals surface area contributed by atoms with Crippen LogP contribution in [0.3, 0.4) is 0 Å². The Bertz CT molecular complexity index is 651. The molecule has 96 valence electrons. The molecule has 1 unspecified atom stereocenters. The number of piperidine rings is 1. The van der Waals surface area contributed by atoms with E-state index in [2.05, 4.69) is 10.3 Å². The highest BCUT2D eigenvalue weighted by atomic mass is 32.2. The largest absolute Gasteiger partial charge is 0.295 e. The number of nitrogens with one attached hydrogen (secondary N) is 1. The molecule has 1 aliphatic rings. The van der Waals surface area contributed by atoms with E-state index in [0.29, 0.717) is 12.8 Å². The van der Waals surface area contributed by atoms with Gasteiger partial charge < -0.3 is 0 Å². The lowest BCUT2D eigenvalue weighted by atomic mass is 10.1. The van der Waals surface area contributed by atoms with Crippen molar-refractivity contribution in [3.63, 3.8) is 0 Å². The summed E-state index contributed by atoms with van der Waals surface area (Å²) in [6, 6.07) is 9.80. The van der Waals surface area contributed by atoms with Gasteiger partial charge >= 0.3 is 0 Å². The highest BCUT2D eigenvalue weighted by Gasteiger charge is 2.27. The molecule has 1 saturated heterocycles. The maximum atomic E-state index is 11.8. The fourth-order valence-corrected chi connectivity index (χ4v) is 3.26. The van der Waals surface area contributed by atoms with Gasteiger partial charge in [0.15, 0.2) is 0 Å². The molecule has 1 atom stereocenters. The smallest absolute Gasteiger partial charge is 0.240 e. The van der Waals surface area contributed by atoms with Gasteiger partial charge in [0, 0.05) is 22.9 Å². The molecular formula is C14H12N2O2S. The van der Waals surface area contributed by atoms with Gasteiger partial charge in [0.05, 0.1) is 10.8 Å². The Balaban J connectivity index is 1.89. The fraction of sp³-hybridized carbons (Fsp3) is 0.214. The zero-order valence-corrected chi connectivity index (χ0v) is 10.9. The number of rotatable bonds is 2. The summed E-state index contributed by atoms with van der Waals surface area (Å²) in [7, 11) is 0. The van der Waals surface area contributed by atoms with E-state index in [1.807, 2.05) is 30.3 Å². The molecule has 1 aromatic carbocycles. The first kappa shape index (κ1) is 12.2. The number of nitrogens with zero attached hydrogens (tertiary/aromatic N) is 1. The van der Waals surface area contributed by atoms with Crippen molar-refractivity contribution in [1.82, 2.24) is 10.3 Å². The van der Waals surface area contributed by atoms with Crippen molar-refractivity contribution in [1.29, 1.82) is 0 Å². The minimum Gasteiger partial charge on any atom is -0.295 e. The molecule has 3 rings (SSSR count). The van der Waals surface area contributed by atoms with Gasteiger partial charge in [-0.05, 0) is 18.6 Å². The Morgan fingerprint density at radius 1 is 1.21 bits per heavy atom. The third kappa shape index (κ3) is 2.46. The number of carbonyl (C=O) groups is 2. The van der Waals surface area contributed by atoms with Crippen molar-refractivity contribution >= 4 is 34.5 Å². The highest BCUT2D eigenvalue weighted by Crippen LogP contribution is 2.32. The SMILES string of the molecule is O=C1CCC(Sc2cccc3cccnc23)C(=O)N1. The molecule has 1 aromatic heterocycles.